The van der Waals surface area contributed by atoms with E-state index < -0.39 is 0 Å². The molecule has 2 aromatic carbocycles. The highest BCUT2D eigenvalue weighted by Gasteiger charge is 1.99. The fourth-order valence-electron chi connectivity index (χ4n) is 1.99. The average molecular weight is 254 g/mol. The van der Waals surface area contributed by atoms with Gasteiger partial charge in [-0.15, -0.1) is 0 Å². The molecule has 19 heavy (non-hydrogen) atoms. The molecule has 0 bridgehead atoms. The maximum atomic E-state index is 9.47. The molecule has 0 atom stereocenters. The highest BCUT2D eigenvalue weighted by molar-refractivity contribution is 5.85. The van der Waals surface area contributed by atoms with E-state index in [1.54, 1.807) is 18.3 Å². The smallest absolute Gasteiger partial charge is 0.120 e. The van der Waals surface area contributed by atoms with Crippen LogP contribution in [0, 0.1) is 0 Å². The van der Waals surface area contributed by atoms with Crippen LogP contribution < -0.4 is 4.74 Å². The lowest BCUT2D eigenvalue weighted by Crippen LogP contribution is -2.08. The molecular formula is C15H14N2O2. The van der Waals surface area contributed by atoms with Crippen molar-refractivity contribution >= 4 is 10.8 Å². The third-order valence-corrected chi connectivity index (χ3v) is 2.94. The molecule has 96 valence electrons. The molecule has 0 unspecified atom stereocenters. The van der Waals surface area contributed by atoms with Crippen molar-refractivity contribution in [3.05, 3.63) is 54.9 Å². The van der Waals surface area contributed by atoms with Crippen LogP contribution in [0.5, 0.6) is 11.5 Å². The van der Waals surface area contributed by atoms with Crippen LogP contribution in [0.4, 0.5) is 0 Å². The largest absolute Gasteiger partial charge is 0.508 e. The first-order valence-electron chi connectivity index (χ1n) is 6.14. The van der Waals surface area contributed by atoms with E-state index in [-0.39, 0.29) is 5.75 Å². The predicted octanol–water partition coefficient (Wildman–Crippen LogP) is 2.82. The predicted molar refractivity (Wildman–Crippen MR) is 73.3 cm³/mol. The molecule has 0 saturated carbocycles. The maximum Gasteiger partial charge on any atom is 0.120 e. The van der Waals surface area contributed by atoms with Gasteiger partial charge in [-0.1, -0.05) is 12.1 Å². The standard InChI is InChI=1S/C15H14N2O2/c18-14-4-2-12-3-5-15(11-13(12)10-14)19-9-8-17-7-1-6-16-17/h1-7,10-11,18H,8-9H2. The summed E-state index contributed by atoms with van der Waals surface area (Å²) in [5.74, 6) is 1.06. The number of hydrogen-bond acceptors (Lipinski definition) is 3. The minimum Gasteiger partial charge on any atom is -0.508 e. The van der Waals surface area contributed by atoms with Crippen LogP contribution in [-0.4, -0.2) is 21.5 Å². The van der Waals surface area contributed by atoms with Gasteiger partial charge in [0.25, 0.3) is 0 Å². The third kappa shape index (κ3) is 2.68. The van der Waals surface area contributed by atoms with Gasteiger partial charge in [0.15, 0.2) is 0 Å². The van der Waals surface area contributed by atoms with E-state index in [4.69, 9.17) is 4.74 Å². The van der Waals surface area contributed by atoms with E-state index in [1.165, 1.54) is 0 Å². The summed E-state index contributed by atoms with van der Waals surface area (Å²) in [6, 6.07) is 13.0. The van der Waals surface area contributed by atoms with Gasteiger partial charge in [-0.3, -0.25) is 4.68 Å². The Morgan fingerprint density at radius 1 is 1.11 bits per heavy atom. The first-order chi connectivity index (χ1) is 9.31. The second kappa shape index (κ2) is 5.02. The maximum absolute atomic E-state index is 9.47. The van der Waals surface area contributed by atoms with Gasteiger partial charge in [0, 0.05) is 12.4 Å². The van der Waals surface area contributed by atoms with E-state index in [9.17, 15) is 5.11 Å². The summed E-state index contributed by atoms with van der Waals surface area (Å²) in [7, 11) is 0. The Labute approximate surface area is 110 Å². The first-order valence-corrected chi connectivity index (χ1v) is 6.14. The quantitative estimate of drug-likeness (QED) is 0.778. The van der Waals surface area contributed by atoms with Crippen molar-refractivity contribution in [1.82, 2.24) is 9.78 Å². The zero-order valence-corrected chi connectivity index (χ0v) is 10.4. The highest BCUT2D eigenvalue weighted by Crippen LogP contribution is 2.24. The fraction of sp³-hybridized carbons (Fsp3) is 0.133. The zero-order valence-electron chi connectivity index (χ0n) is 10.4. The second-order valence-corrected chi connectivity index (χ2v) is 4.31. The lowest BCUT2D eigenvalue weighted by molar-refractivity contribution is 0.291. The summed E-state index contributed by atoms with van der Waals surface area (Å²) in [6.07, 6.45) is 3.65. The van der Waals surface area contributed by atoms with Gasteiger partial charge in [-0.25, -0.2) is 0 Å². The number of phenols is 1. The van der Waals surface area contributed by atoms with E-state index in [2.05, 4.69) is 5.10 Å². The zero-order chi connectivity index (χ0) is 13.1. The van der Waals surface area contributed by atoms with Crippen LogP contribution >= 0.6 is 0 Å². The van der Waals surface area contributed by atoms with Gasteiger partial charge in [-0.05, 0) is 41.1 Å². The van der Waals surface area contributed by atoms with Crippen LogP contribution in [0.25, 0.3) is 10.8 Å². The van der Waals surface area contributed by atoms with Crippen LogP contribution in [-0.2, 0) is 6.54 Å². The van der Waals surface area contributed by atoms with Crippen molar-refractivity contribution < 1.29 is 9.84 Å². The van der Waals surface area contributed by atoms with Gasteiger partial charge < -0.3 is 9.84 Å². The number of aromatic nitrogens is 2. The highest BCUT2D eigenvalue weighted by atomic mass is 16.5. The minimum absolute atomic E-state index is 0.265. The topological polar surface area (TPSA) is 47.3 Å². The molecule has 3 rings (SSSR count). The summed E-state index contributed by atoms with van der Waals surface area (Å²) in [6.45, 7) is 1.27. The molecule has 0 spiro atoms. The molecule has 4 nitrogen and oxygen atoms in total. The van der Waals surface area contributed by atoms with Crippen molar-refractivity contribution in [3.63, 3.8) is 0 Å². The Bertz CT molecular complexity index is 678. The van der Waals surface area contributed by atoms with E-state index >= 15 is 0 Å². The number of phenolic OH excluding ortho intramolecular Hbond substituents is 1. The summed E-state index contributed by atoms with van der Waals surface area (Å²) >= 11 is 0. The molecule has 3 aromatic rings. The molecule has 0 aliphatic heterocycles. The van der Waals surface area contributed by atoms with Gasteiger partial charge in [0.2, 0.25) is 0 Å². The molecule has 0 amide bonds. The van der Waals surface area contributed by atoms with E-state index in [0.717, 1.165) is 16.5 Å². The van der Waals surface area contributed by atoms with Gasteiger partial charge in [-0.2, -0.15) is 5.10 Å². The summed E-state index contributed by atoms with van der Waals surface area (Å²) in [5, 5.41) is 15.6. The number of benzene rings is 2. The number of rotatable bonds is 4. The molecular weight excluding hydrogens is 240 g/mol. The molecule has 4 heteroatoms. The second-order valence-electron chi connectivity index (χ2n) is 4.31. The summed E-state index contributed by atoms with van der Waals surface area (Å²) in [4.78, 5) is 0. The number of ether oxygens (including phenoxy) is 1. The van der Waals surface area contributed by atoms with Crippen molar-refractivity contribution in [2.75, 3.05) is 6.61 Å². The van der Waals surface area contributed by atoms with Crippen LogP contribution in [0.1, 0.15) is 0 Å². The lowest BCUT2D eigenvalue weighted by atomic mass is 10.1. The first kappa shape index (κ1) is 11.6. The SMILES string of the molecule is Oc1ccc2ccc(OCCn3cccn3)cc2c1. The molecule has 1 heterocycles. The average Bonchev–Trinajstić information content (AvgIpc) is 2.91. The number of hydrogen-bond donors (Lipinski definition) is 1. The number of fused-ring (bicyclic) bond motifs is 1. The Morgan fingerprint density at radius 2 is 2.00 bits per heavy atom. The Balaban J connectivity index is 1.70. The van der Waals surface area contributed by atoms with Crippen molar-refractivity contribution in [1.29, 1.82) is 0 Å². The summed E-state index contributed by atoms with van der Waals surface area (Å²) in [5.41, 5.74) is 0. The van der Waals surface area contributed by atoms with Crippen LogP contribution in [0.2, 0.25) is 0 Å². The van der Waals surface area contributed by atoms with Crippen molar-refractivity contribution in [2.24, 2.45) is 0 Å². The van der Waals surface area contributed by atoms with Crippen LogP contribution in [0.3, 0.4) is 0 Å². The van der Waals surface area contributed by atoms with E-state index in [0.29, 0.717) is 13.2 Å². The molecule has 0 radical (unpaired) electrons. The van der Waals surface area contributed by atoms with E-state index in [1.807, 2.05) is 41.2 Å². The van der Waals surface area contributed by atoms with Crippen molar-refractivity contribution in [2.45, 2.75) is 6.54 Å². The molecule has 0 saturated heterocycles. The van der Waals surface area contributed by atoms with Gasteiger partial charge in [0.1, 0.15) is 18.1 Å². The number of aromatic hydroxyl groups is 1. The Morgan fingerprint density at radius 3 is 2.84 bits per heavy atom. The number of nitrogens with zero attached hydrogens (tertiary/aromatic N) is 2. The minimum atomic E-state index is 0.265. The Kier molecular flexibility index (Phi) is 3.06. The molecule has 0 aliphatic rings. The molecule has 1 aromatic heterocycles. The van der Waals surface area contributed by atoms with Crippen LogP contribution in [0.15, 0.2) is 54.9 Å². The summed E-state index contributed by atoms with van der Waals surface area (Å²) < 4.78 is 7.51. The van der Waals surface area contributed by atoms with Gasteiger partial charge in [0.05, 0.1) is 6.54 Å². The van der Waals surface area contributed by atoms with Crippen molar-refractivity contribution in [3.8, 4) is 11.5 Å². The molecule has 0 fully saturated rings. The lowest BCUT2D eigenvalue weighted by Gasteiger charge is -2.07. The normalized spacial score (nSPS) is 10.7. The fourth-order valence-corrected chi connectivity index (χ4v) is 1.99. The molecule has 1 N–H and O–H groups in total. The Hall–Kier alpha value is -2.49. The van der Waals surface area contributed by atoms with Gasteiger partial charge >= 0.3 is 0 Å². The monoisotopic (exact) mass is 254 g/mol. The molecule has 0 aliphatic carbocycles. The third-order valence-electron chi connectivity index (χ3n) is 2.94.